The molecular weight excluding hydrogens is 388 g/mol. The Bertz CT molecular complexity index is 1100. The zero-order chi connectivity index (χ0) is 20.0. The third kappa shape index (κ3) is 3.11. The predicted molar refractivity (Wildman–Crippen MR) is 100 cm³/mol. The van der Waals surface area contributed by atoms with Crippen molar-refractivity contribution in [1.82, 2.24) is 9.78 Å². The molecular formula is C18H15F2N5O2S. The number of rotatable bonds is 4. The van der Waals surface area contributed by atoms with Gasteiger partial charge < -0.3 is 11.5 Å². The zero-order valence-corrected chi connectivity index (χ0v) is 15.3. The molecule has 0 fully saturated rings. The number of nitrogens with zero attached hydrogens (tertiary/aromatic N) is 2. The molecule has 2 heterocycles. The summed E-state index contributed by atoms with van der Waals surface area (Å²) in [4.78, 5) is 23.9. The number of carbonyl (C=O) groups excluding carboxylic acids is 2. The van der Waals surface area contributed by atoms with Crippen molar-refractivity contribution < 1.29 is 18.4 Å². The van der Waals surface area contributed by atoms with Gasteiger partial charge in [-0.05, 0) is 36.1 Å². The van der Waals surface area contributed by atoms with Crippen LogP contribution in [-0.4, -0.2) is 21.7 Å². The van der Waals surface area contributed by atoms with Crippen molar-refractivity contribution in [3.63, 3.8) is 0 Å². The maximum atomic E-state index is 13.5. The number of hydrogen-bond acceptors (Lipinski definition) is 4. The first-order valence-electron chi connectivity index (χ1n) is 8.35. The highest BCUT2D eigenvalue weighted by Gasteiger charge is 2.30. The van der Waals surface area contributed by atoms with Crippen molar-refractivity contribution >= 4 is 28.3 Å². The third-order valence-corrected chi connectivity index (χ3v) is 5.73. The van der Waals surface area contributed by atoms with E-state index >= 15 is 0 Å². The van der Waals surface area contributed by atoms with Gasteiger partial charge in [-0.3, -0.25) is 14.8 Å². The highest BCUT2D eigenvalue weighted by Crippen LogP contribution is 2.45. The SMILES string of the molecule is NC(=O)Nc1sc2c(c1C(N)=O)CCc1c-2cnn1Cc1cc(F)cc(F)c1. The average molecular weight is 403 g/mol. The molecule has 0 spiro atoms. The van der Waals surface area contributed by atoms with E-state index in [1.807, 2.05) is 0 Å². The molecule has 3 aromatic rings. The van der Waals surface area contributed by atoms with Crippen LogP contribution in [0.2, 0.25) is 0 Å². The second-order valence-electron chi connectivity index (χ2n) is 6.41. The van der Waals surface area contributed by atoms with E-state index in [1.165, 1.54) is 23.5 Å². The number of hydrogen-bond donors (Lipinski definition) is 3. The van der Waals surface area contributed by atoms with Crippen LogP contribution in [0.25, 0.3) is 10.4 Å². The monoisotopic (exact) mass is 403 g/mol. The molecule has 0 saturated heterocycles. The Kier molecular flexibility index (Phi) is 4.34. The first-order valence-corrected chi connectivity index (χ1v) is 9.17. The number of nitrogens with one attached hydrogen (secondary N) is 1. The molecule has 1 aromatic carbocycles. The number of aromatic nitrogens is 2. The number of halogens is 2. The van der Waals surface area contributed by atoms with Gasteiger partial charge in [0, 0.05) is 22.2 Å². The Morgan fingerprint density at radius 3 is 2.54 bits per heavy atom. The topological polar surface area (TPSA) is 116 Å². The van der Waals surface area contributed by atoms with Crippen LogP contribution in [0.1, 0.15) is 27.2 Å². The lowest BCUT2D eigenvalue weighted by molar-refractivity contribution is 0.100. The maximum Gasteiger partial charge on any atom is 0.317 e. The second kappa shape index (κ2) is 6.71. The molecule has 7 nitrogen and oxygen atoms in total. The van der Waals surface area contributed by atoms with Gasteiger partial charge in [0.15, 0.2) is 0 Å². The number of urea groups is 1. The van der Waals surface area contributed by atoms with Crippen molar-refractivity contribution in [3.8, 4) is 10.4 Å². The van der Waals surface area contributed by atoms with Gasteiger partial charge in [-0.1, -0.05) is 0 Å². The molecule has 10 heteroatoms. The van der Waals surface area contributed by atoms with Crippen molar-refractivity contribution in [1.29, 1.82) is 0 Å². The van der Waals surface area contributed by atoms with E-state index in [0.29, 0.717) is 23.4 Å². The Balaban J connectivity index is 1.75. The zero-order valence-electron chi connectivity index (χ0n) is 14.5. The lowest BCUT2D eigenvalue weighted by Crippen LogP contribution is -2.22. The molecule has 5 N–H and O–H groups in total. The summed E-state index contributed by atoms with van der Waals surface area (Å²) in [7, 11) is 0. The van der Waals surface area contributed by atoms with Gasteiger partial charge in [-0.15, -0.1) is 11.3 Å². The standard InChI is InChI=1S/C18H15F2N5O2S/c19-9-3-8(4-10(20)5-9)7-25-13-2-1-11-14(16(21)26)17(24-18(22)27)28-15(11)12(13)6-23-25/h3-6H,1-2,7H2,(H2,21,26)(H3,22,24,27). The highest BCUT2D eigenvalue weighted by molar-refractivity contribution is 7.20. The number of carbonyl (C=O) groups is 2. The van der Waals surface area contributed by atoms with Gasteiger partial charge in [0.25, 0.3) is 5.91 Å². The largest absolute Gasteiger partial charge is 0.365 e. The number of anilines is 1. The number of thiophene rings is 1. The van der Waals surface area contributed by atoms with Gasteiger partial charge in [-0.2, -0.15) is 5.10 Å². The molecule has 144 valence electrons. The van der Waals surface area contributed by atoms with Crippen LogP contribution in [0.15, 0.2) is 24.4 Å². The fraction of sp³-hybridized carbons (Fsp3) is 0.167. The molecule has 0 atom stereocenters. The van der Waals surface area contributed by atoms with E-state index in [9.17, 15) is 18.4 Å². The first kappa shape index (κ1) is 18.1. The molecule has 1 aliphatic rings. The van der Waals surface area contributed by atoms with E-state index in [1.54, 1.807) is 10.9 Å². The Morgan fingerprint density at radius 1 is 1.18 bits per heavy atom. The molecule has 4 rings (SSSR count). The summed E-state index contributed by atoms with van der Waals surface area (Å²) in [6.07, 6.45) is 2.71. The first-order chi connectivity index (χ1) is 13.3. The number of primary amides is 2. The quantitative estimate of drug-likeness (QED) is 0.622. The third-order valence-electron chi connectivity index (χ3n) is 4.55. The summed E-state index contributed by atoms with van der Waals surface area (Å²) in [5, 5.41) is 7.10. The lowest BCUT2D eigenvalue weighted by Gasteiger charge is -2.15. The normalized spacial score (nSPS) is 12.4. The van der Waals surface area contributed by atoms with E-state index in [2.05, 4.69) is 10.4 Å². The summed E-state index contributed by atoms with van der Waals surface area (Å²) in [5.74, 6) is -1.94. The van der Waals surface area contributed by atoms with Crippen molar-refractivity contribution in [2.45, 2.75) is 19.4 Å². The fourth-order valence-electron chi connectivity index (χ4n) is 3.50. The van der Waals surface area contributed by atoms with Gasteiger partial charge in [0.2, 0.25) is 0 Å². The molecule has 0 unspecified atom stereocenters. The minimum absolute atomic E-state index is 0.208. The van der Waals surface area contributed by atoms with Crippen molar-refractivity contribution in [3.05, 3.63) is 58.4 Å². The lowest BCUT2D eigenvalue weighted by atomic mass is 9.93. The highest BCUT2D eigenvalue weighted by atomic mass is 32.1. The van der Waals surface area contributed by atoms with Gasteiger partial charge in [-0.25, -0.2) is 13.6 Å². The van der Waals surface area contributed by atoms with Gasteiger partial charge in [0.1, 0.15) is 16.6 Å². The van der Waals surface area contributed by atoms with Crippen LogP contribution in [0, 0.1) is 11.6 Å². The van der Waals surface area contributed by atoms with Crippen LogP contribution in [0.3, 0.4) is 0 Å². The molecule has 0 saturated carbocycles. The van der Waals surface area contributed by atoms with E-state index in [4.69, 9.17) is 11.5 Å². The van der Waals surface area contributed by atoms with Crippen LogP contribution in [-0.2, 0) is 19.4 Å². The summed E-state index contributed by atoms with van der Waals surface area (Å²) in [5.41, 5.74) is 13.8. The maximum absolute atomic E-state index is 13.5. The van der Waals surface area contributed by atoms with Gasteiger partial charge >= 0.3 is 6.03 Å². The Hall–Kier alpha value is -3.27. The van der Waals surface area contributed by atoms with E-state index in [-0.39, 0.29) is 12.1 Å². The number of fused-ring (bicyclic) bond motifs is 3. The summed E-state index contributed by atoms with van der Waals surface area (Å²) >= 11 is 1.20. The van der Waals surface area contributed by atoms with E-state index in [0.717, 1.165) is 27.8 Å². The second-order valence-corrected chi connectivity index (χ2v) is 7.43. The smallest absolute Gasteiger partial charge is 0.317 e. The molecule has 0 aliphatic heterocycles. The molecule has 0 radical (unpaired) electrons. The van der Waals surface area contributed by atoms with Gasteiger partial charge in [0.05, 0.1) is 18.3 Å². The number of benzene rings is 1. The van der Waals surface area contributed by atoms with Crippen LogP contribution in [0.4, 0.5) is 18.6 Å². The average Bonchev–Trinajstić information content (AvgIpc) is 3.14. The van der Waals surface area contributed by atoms with Crippen LogP contribution < -0.4 is 16.8 Å². The molecule has 2 aromatic heterocycles. The Labute approximate surface area is 161 Å². The summed E-state index contributed by atoms with van der Waals surface area (Å²) < 4.78 is 28.6. The van der Waals surface area contributed by atoms with Crippen molar-refractivity contribution in [2.75, 3.05) is 5.32 Å². The van der Waals surface area contributed by atoms with Crippen LogP contribution in [0.5, 0.6) is 0 Å². The molecule has 1 aliphatic carbocycles. The summed E-state index contributed by atoms with van der Waals surface area (Å²) in [6.45, 7) is 0.208. The van der Waals surface area contributed by atoms with Crippen LogP contribution >= 0.6 is 11.3 Å². The van der Waals surface area contributed by atoms with E-state index < -0.39 is 23.6 Å². The minimum atomic E-state index is -0.787. The molecule has 3 amide bonds. The molecule has 28 heavy (non-hydrogen) atoms. The predicted octanol–water partition coefficient (Wildman–Crippen LogP) is 2.63. The Morgan fingerprint density at radius 2 is 1.89 bits per heavy atom. The summed E-state index contributed by atoms with van der Waals surface area (Å²) in [6, 6.07) is 2.55. The fourth-order valence-corrected chi connectivity index (χ4v) is 4.79. The number of amides is 3. The minimum Gasteiger partial charge on any atom is -0.365 e. The molecule has 0 bridgehead atoms. The van der Waals surface area contributed by atoms with Crippen molar-refractivity contribution in [2.24, 2.45) is 11.5 Å². The number of nitrogens with two attached hydrogens (primary N) is 2.